The Bertz CT molecular complexity index is 741. The molecule has 0 aromatic carbocycles. The fourth-order valence-corrected chi connectivity index (χ4v) is 4.67. The number of amides is 2. The summed E-state index contributed by atoms with van der Waals surface area (Å²) in [5, 5.41) is 10.3. The van der Waals surface area contributed by atoms with Gasteiger partial charge in [0.2, 0.25) is 11.8 Å². The van der Waals surface area contributed by atoms with Crippen molar-refractivity contribution >= 4 is 11.8 Å². The number of aromatic nitrogens is 2. The highest BCUT2D eigenvalue weighted by molar-refractivity contribution is 5.85. The molecule has 1 aromatic rings. The van der Waals surface area contributed by atoms with Gasteiger partial charge in [0.05, 0.1) is 11.7 Å². The van der Waals surface area contributed by atoms with Gasteiger partial charge in [-0.2, -0.15) is 5.10 Å². The van der Waals surface area contributed by atoms with Gasteiger partial charge in [-0.1, -0.05) is 13.8 Å². The number of carbonyl (C=O) groups excluding carboxylic acids is 2. The molecule has 27 heavy (non-hydrogen) atoms. The Morgan fingerprint density at radius 3 is 2.52 bits per heavy atom. The van der Waals surface area contributed by atoms with Crippen LogP contribution in [0.15, 0.2) is 0 Å². The van der Waals surface area contributed by atoms with Gasteiger partial charge in [-0.25, -0.2) is 0 Å². The molecule has 3 rings (SSSR count). The van der Waals surface area contributed by atoms with Gasteiger partial charge < -0.3 is 10.6 Å². The molecule has 7 nitrogen and oxygen atoms in total. The highest BCUT2D eigenvalue weighted by Gasteiger charge is 2.63. The summed E-state index contributed by atoms with van der Waals surface area (Å²) >= 11 is 0. The van der Waals surface area contributed by atoms with E-state index >= 15 is 0 Å². The van der Waals surface area contributed by atoms with Crippen LogP contribution >= 0.6 is 0 Å². The number of likely N-dealkylation sites (tertiary alicyclic amines) is 1. The minimum atomic E-state index is -0.113. The number of nitrogens with one attached hydrogen (secondary N) is 2. The van der Waals surface area contributed by atoms with Crippen molar-refractivity contribution in [3.63, 3.8) is 0 Å². The largest absolute Gasteiger partial charge is 0.358 e. The Morgan fingerprint density at radius 2 is 1.96 bits per heavy atom. The van der Waals surface area contributed by atoms with Crippen LogP contribution in [0.4, 0.5) is 0 Å². The molecule has 7 heteroatoms. The van der Waals surface area contributed by atoms with Crippen molar-refractivity contribution in [3.8, 4) is 0 Å². The van der Waals surface area contributed by atoms with Crippen molar-refractivity contribution in [2.24, 2.45) is 24.3 Å². The third-order valence-corrected chi connectivity index (χ3v) is 6.31. The van der Waals surface area contributed by atoms with Crippen LogP contribution in [0.25, 0.3) is 0 Å². The first-order chi connectivity index (χ1) is 12.7. The lowest BCUT2D eigenvalue weighted by molar-refractivity contribution is -0.125. The van der Waals surface area contributed by atoms with Crippen molar-refractivity contribution < 1.29 is 9.59 Å². The average molecular weight is 376 g/mol. The van der Waals surface area contributed by atoms with Gasteiger partial charge in [-0.05, 0) is 38.0 Å². The van der Waals surface area contributed by atoms with Gasteiger partial charge in [-0.3, -0.25) is 19.2 Å². The molecule has 1 aromatic heterocycles. The van der Waals surface area contributed by atoms with Gasteiger partial charge in [0.1, 0.15) is 0 Å². The fourth-order valence-electron chi connectivity index (χ4n) is 4.67. The highest BCUT2D eigenvalue weighted by atomic mass is 16.2. The molecule has 0 radical (unpaired) electrons. The van der Waals surface area contributed by atoms with Crippen LogP contribution in [0.1, 0.15) is 43.6 Å². The van der Waals surface area contributed by atoms with Gasteiger partial charge in [0.15, 0.2) is 0 Å². The second-order valence-corrected chi connectivity index (χ2v) is 8.77. The summed E-state index contributed by atoms with van der Waals surface area (Å²) in [6.45, 7) is 10.6. The molecule has 0 bridgehead atoms. The quantitative estimate of drug-likeness (QED) is 0.781. The molecule has 1 aliphatic carbocycles. The smallest absolute Gasteiger partial charge is 0.237 e. The van der Waals surface area contributed by atoms with Crippen LogP contribution in [0.5, 0.6) is 0 Å². The molecule has 3 atom stereocenters. The predicted octanol–water partition coefficient (Wildman–Crippen LogP) is 1.14. The molecular weight excluding hydrogens is 342 g/mol. The van der Waals surface area contributed by atoms with Crippen LogP contribution in [0.3, 0.4) is 0 Å². The van der Waals surface area contributed by atoms with E-state index in [-0.39, 0.29) is 29.2 Å². The number of aryl methyl sites for hydroxylation is 2. The summed E-state index contributed by atoms with van der Waals surface area (Å²) in [5.74, 6) is 0.689. The van der Waals surface area contributed by atoms with Crippen molar-refractivity contribution in [2.45, 2.75) is 53.1 Å². The van der Waals surface area contributed by atoms with Crippen molar-refractivity contribution in [3.05, 3.63) is 17.0 Å². The standard InChI is InChI=1S/C20H33N5O2/c1-12(2)10-25-11-20(8-17(25)19(27)21-5)7-16(20)18(26)22-9-15-13(3)23-24(6)14(15)4/h12,16-17H,7-11H2,1-6H3,(H,21,27)(H,22,26)/t16-,17+,20+/m1/s1. The predicted molar refractivity (Wildman–Crippen MR) is 104 cm³/mol. The van der Waals surface area contributed by atoms with Gasteiger partial charge in [0.25, 0.3) is 0 Å². The number of rotatable bonds is 6. The number of hydrogen-bond acceptors (Lipinski definition) is 4. The molecule has 2 heterocycles. The van der Waals surface area contributed by atoms with Crippen LogP contribution in [-0.2, 0) is 23.2 Å². The minimum absolute atomic E-state index is 0.0131. The van der Waals surface area contributed by atoms with E-state index in [1.807, 2.05) is 25.6 Å². The number of hydrogen-bond donors (Lipinski definition) is 2. The summed E-state index contributed by atoms with van der Waals surface area (Å²) in [7, 11) is 3.61. The second kappa shape index (κ2) is 7.26. The summed E-state index contributed by atoms with van der Waals surface area (Å²) in [5.41, 5.74) is 3.11. The zero-order valence-corrected chi connectivity index (χ0v) is 17.4. The Morgan fingerprint density at radius 1 is 1.26 bits per heavy atom. The van der Waals surface area contributed by atoms with E-state index in [0.29, 0.717) is 12.5 Å². The first kappa shape index (κ1) is 19.9. The molecule has 2 aliphatic rings. The van der Waals surface area contributed by atoms with Crippen molar-refractivity contribution in [1.29, 1.82) is 0 Å². The van der Waals surface area contributed by atoms with E-state index in [2.05, 4.69) is 34.5 Å². The van der Waals surface area contributed by atoms with Gasteiger partial charge in [-0.15, -0.1) is 0 Å². The van der Waals surface area contributed by atoms with Gasteiger partial charge in [0, 0.05) is 50.9 Å². The van der Waals surface area contributed by atoms with Crippen molar-refractivity contribution in [2.75, 3.05) is 20.1 Å². The monoisotopic (exact) mass is 375 g/mol. The molecule has 1 aliphatic heterocycles. The van der Waals surface area contributed by atoms with Gasteiger partial charge >= 0.3 is 0 Å². The topological polar surface area (TPSA) is 79.3 Å². The molecule has 2 amide bonds. The maximum absolute atomic E-state index is 12.8. The van der Waals surface area contributed by atoms with E-state index in [0.717, 1.165) is 42.9 Å². The van der Waals surface area contributed by atoms with E-state index < -0.39 is 0 Å². The molecule has 1 saturated carbocycles. The number of nitrogens with zero attached hydrogens (tertiary/aromatic N) is 3. The Kier molecular flexibility index (Phi) is 5.34. The zero-order chi connectivity index (χ0) is 19.9. The molecule has 150 valence electrons. The molecular formula is C20H33N5O2. The molecule has 0 unspecified atom stereocenters. The van der Waals surface area contributed by atoms with Crippen LogP contribution in [0, 0.1) is 31.1 Å². The Labute approximate surface area is 161 Å². The molecule has 1 saturated heterocycles. The summed E-state index contributed by atoms with van der Waals surface area (Å²) in [6, 6.07) is -0.113. The Balaban J connectivity index is 1.63. The summed E-state index contributed by atoms with van der Waals surface area (Å²) in [6.07, 6.45) is 1.66. The first-order valence-electron chi connectivity index (χ1n) is 9.91. The Hall–Kier alpha value is -1.89. The maximum Gasteiger partial charge on any atom is 0.237 e. The SMILES string of the molecule is CNC(=O)[C@@H]1C[C@@]2(C[C@@H]2C(=O)NCc2c(C)nn(C)c2C)CN1CC(C)C. The van der Waals surface area contributed by atoms with Crippen molar-refractivity contribution in [1.82, 2.24) is 25.3 Å². The summed E-state index contributed by atoms with van der Waals surface area (Å²) in [4.78, 5) is 27.4. The molecule has 2 fully saturated rings. The lowest BCUT2D eigenvalue weighted by Crippen LogP contribution is -2.43. The lowest BCUT2D eigenvalue weighted by Gasteiger charge is -2.24. The highest BCUT2D eigenvalue weighted by Crippen LogP contribution is 2.60. The van der Waals surface area contributed by atoms with E-state index in [1.54, 1.807) is 7.05 Å². The third-order valence-electron chi connectivity index (χ3n) is 6.31. The minimum Gasteiger partial charge on any atom is -0.358 e. The van der Waals surface area contributed by atoms with Crippen LogP contribution in [-0.4, -0.2) is 52.7 Å². The first-order valence-corrected chi connectivity index (χ1v) is 9.91. The fraction of sp³-hybridized carbons (Fsp3) is 0.750. The maximum atomic E-state index is 12.8. The zero-order valence-electron chi connectivity index (χ0n) is 17.4. The van der Waals surface area contributed by atoms with E-state index in [9.17, 15) is 9.59 Å². The van der Waals surface area contributed by atoms with Crippen LogP contribution in [0.2, 0.25) is 0 Å². The lowest BCUT2D eigenvalue weighted by atomic mass is 9.99. The normalized spacial score (nSPS) is 27.4. The number of carbonyl (C=O) groups is 2. The molecule has 1 spiro atoms. The summed E-state index contributed by atoms with van der Waals surface area (Å²) < 4.78 is 1.85. The second-order valence-electron chi connectivity index (χ2n) is 8.77. The van der Waals surface area contributed by atoms with Crippen LogP contribution < -0.4 is 10.6 Å². The number of likely N-dealkylation sites (N-methyl/N-ethyl adjacent to an activating group) is 1. The third kappa shape index (κ3) is 3.74. The molecule has 2 N–H and O–H groups in total. The van der Waals surface area contributed by atoms with E-state index in [1.165, 1.54) is 0 Å². The average Bonchev–Trinajstić information content (AvgIpc) is 3.10. The van der Waals surface area contributed by atoms with E-state index in [4.69, 9.17) is 0 Å².